The number of ether oxygens (including phenoxy) is 1. The molecule has 0 heterocycles. The molecule has 0 radical (unpaired) electrons. The Morgan fingerprint density at radius 2 is 1.58 bits per heavy atom. The SMILES string of the molecule is CCCCC(CCCCCC=O)COC(C)(C=O)C(C)CCCC(C)C. The van der Waals surface area contributed by atoms with Crippen molar-refractivity contribution in [1.29, 1.82) is 0 Å². The molecular weight excluding hydrogens is 324 g/mol. The molecular formula is C23H44O3. The molecule has 0 saturated heterocycles. The van der Waals surface area contributed by atoms with E-state index in [1.165, 1.54) is 25.7 Å². The van der Waals surface area contributed by atoms with Gasteiger partial charge in [0.05, 0.1) is 6.61 Å². The van der Waals surface area contributed by atoms with E-state index >= 15 is 0 Å². The molecule has 0 N–H and O–H groups in total. The molecule has 0 saturated carbocycles. The Labute approximate surface area is 162 Å². The summed E-state index contributed by atoms with van der Waals surface area (Å²) in [7, 11) is 0. The number of aldehydes is 2. The van der Waals surface area contributed by atoms with Gasteiger partial charge in [-0.25, -0.2) is 0 Å². The summed E-state index contributed by atoms with van der Waals surface area (Å²) in [6.07, 6.45) is 14.1. The first-order valence-electron chi connectivity index (χ1n) is 10.9. The smallest absolute Gasteiger partial charge is 0.151 e. The average Bonchev–Trinajstić information content (AvgIpc) is 2.62. The lowest BCUT2D eigenvalue weighted by Crippen LogP contribution is -2.39. The quantitative estimate of drug-likeness (QED) is 0.208. The Bertz CT molecular complexity index is 353. The van der Waals surface area contributed by atoms with E-state index in [1.807, 2.05) is 6.92 Å². The van der Waals surface area contributed by atoms with Crippen molar-refractivity contribution in [3.63, 3.8) is 0 Å². The summed E-state index contributed by atoms with van der Waals surface area (Å²) in [5.41, 5.74) is -0.668. The molecule has 26 heavy (non-hydrogen) atoms. The van der Waals surface area contributed by atoms with Crippen LogP contribution in [0, 0.1) is 17.8 Å². The molecule has 0 spiro atoms. The van der Waals surface area contributed by atoms with Crippen molar-refractivity contribution in [3.8, 4) is 0 Å². The lowest BCUT2D eigenvalue weighted by Gasteiger charge is -2.32. The van der Waals surface area contributed by atoms with Gasteiger partial charge in [0.2, 0.25) is 0 Å². The van der Waals surface area contributed by atoms with Crippen molar-refractivity contribution >= 4 is 12.6 Å². The Morgan fingerprint density at radius 3 is 2.15 bits per heavy atom. The molecule has 0 fully saturated rings. The molecule has 0 bridgehead atoms. The number of carbonyl (C=O) groups excluding carboxylic acids is 2. The van der Waals surface area contributed by atoms with Crippen LogP contribution in [0.3, 0.4) is 0 Å². The minimum atomic E-state index is -0.668. The van der Waals surface area contributed by atoms with Gasteiger partial charge in [0.1, 0.15) is 11.9 Å². The van der Waals surface area contributed by atoms with Crippen LogP contribution in [0.5, 0.6) is 0 Å². The molecule has 3 atom stereocenters. The van der Waals surface area contributed by atoms with Gasteiger partial charge in [-0.1, -0.05) is 66.2 Å². The molecule has 0 amide bonds. The zero-order valence-electron chi connectivity index (χ0n) is 18.1. The number of unbranched alkanes of at least 4 members (excludes halogenated alkanes) is 4. The summed E-state index contributed by atoms with van der Waals surface area (Å²) in [5.74, 6) is 1.48. The third kappa shape index (κ3) is 11.8. The predicted molar refractivity (Wildman–Crippen MR) is 110 cm³/mol. The standard InChI is InChI=1S/C23H44O3/c1-6-7-15-22(16-10-8-9-11-17-24)18-26-23(5,19-25)21(4)14-12-13-20(2)3/h17,19-22H,6-16,18H2,1-5H3. The monoisotopic (exact) mass is 368 g/mol. The third-order valence-corrected chi connectivity index (χ3v) is 5.66. The lowest BCUT2D eigenvalue weighted by atomic mass is 9.86. The van der Waals surface area contributed by atoms with Gasteiger partial charge in [-0.2, -0.15) is 0 Å². The maximum Gasteiger partial charge on any atom is 0.151 e. The van der Waals surface area contributed by atoms with E-state index in [0.717, 1.165) is 51.1 Å². The summed E-state index contributed by atoms with van der Waals surface area (Å²) in [6, 6.07) is 0. The molecule has 0 aromatic heterocycles. The van der Waals surface area contributed by atoms with Gasteiger partial charge in [0.25, 0.3) is 0 Å². The first-order chi connectivity index (χ1) is 12.4. The third-order valence-electron chi connectivity index (χ3n) is 5.66. The van der Waals surface area contributed by atoms with E-state index < -0.39 is 5.60 Å². The van der Waals surface area contributed by atoms with Crippen molar-refractivity contribution < 1.29 is 14.3 Å². The van der Waals surface area contributed by atoms with Gasteiger partial charge >= 0.3 is 0 Å². The minimum Gasteiger partial charge on any atom is -0.367 e. The minimum absolute atomic E-state index is 0.248. The molecule has 3 heteroatoms. The summed E-state index contributed by atoms with van der Waals surface area (Å²) < 4.78 is 6.21. The van der Waals surface area contributed by atoms with Crippen molar-refractivity contribution in [2.75, 3.05) is 6.61 Å². The van der Waals surface area contributed by atoms with Crippen LogP contribution in [0.1, 0.15) is 105 Å². The predicted octanol–water partition coefficient (Wildman–Crippen LogP) is 6.38. The summed E-state index contributed by atoms with van der Waals surface area (Å²) in [4.78, 5) is 22.2. The average molecular weight is 369 g/mol. The zero-order chi connectivity index (χ0) is 19.8. The lowest BCUT2D eigenvalue weighted by molar-refractivity contribution is -0.139. The highest BCUT2D eigenvalue weighted by Gasteiger charge is 2.32. The second-order valence-electron chi connectivity index (χ2n) is 8.65. The maximum atomic E-state index is 11.8. The first-order valence-corrected chi connectivity index (χ1v) is 10.9. The Morgan fingerprint density at radius 1 is 0.885 bits per heavy atom. The van der Waals surface area contributed by atoms with Crippen molar-refractivity contribution in [1.82, 2.24) is 0 Å². The van der Waals surface area contributed by atoms with Crippen molar-refractivity contribution in [2.45, 2.75) is 111 Å². The second kappa shape index (κ2) is 15.4. The van der Waals surface area contributed by atoms with E-state index in [2.05, 4.69) is 27.7 Å². The van der Waals surface area contributed by atoms with E-state index in [0.29, 0.717) is 24.9 Å². The van der Waals surface area contributed by atoms with Gasteiger partial charge in [-0.3, -0.25) is 0 Å². The van der Waals surface area contributed by atoms with Crippen LogP contribution in [0.2, 0.25) is 0 Å². The maximum absolute atomic E-state index is 11.8. The molecule has 0 aliphatic heterocycles. The van der Waals surface area contributed by atoms with E-state index in [4.69, 9.17) is 4.74 Å². The molecule has 0 aromatic carbocycles. The molecule has 154 valence electrons. The summed E-state index contributed by atoms with van der Waals surface area (Å²) >= 11 is 0. The van der Waals surface area contributed by atoms with Crippen LogP contribution in [-0.2, 0) is 14.3 Å². The Hall–Kier alpha value is -0.700. The van der Waals surface area contributed by atoms with E-state index in [9.17, 15) is 9.59 Å². The molecule has 3 unspecified atom stereocenters. The molecule has 3 nitrogen and oxygen atoms in total. The highest BCUT2D eigenvalue weighted by Crippen LogP contribution is 2.28. The topological polar surface area (TPSA) is 43.4 Å². The highest BCUT2D eigenvalue weighted by molar-refractivity contribution is 5.62. The van der Waals surface area contributed by atoms with Crippen LogP contribution < -0.4 is 0 Å². The molecule has 0 rings (SSSR count). The van der Waals surface area contributed by atoms with E-state index in [1.54, 1.807) is 0 Å². The van der Waals surface area contributed by atoms with Crippen molar-refractivity contribution in [2.24, 2.45) is 17.8 Å². The van der Waals surface area contributed by atoms with E-state index in [-0.39, 0.29) is 5.92 Å². The highest BCUT2D eigenvalue weighted by atomic mass is 16.5. The molecule has 0 aliphatic rings. The van der Waals surface area contributed by atoms with Gasteiger partial charge in [0, 0.05) is 6.42 Å². The number of rotatable bonds is 18. The number of hydrogen-bond donors (Lipinski definition) is 0. The van der Waals surface area contributed by atoms with Crippen molar-refractivity contribution in [3.05, 3.63) is 0 Å². The fraction of sp³-hybridized carbons (Fsp3) is 0.913. The van der Waals surface area contributed by atoms with Crippen LogP contribution in [0.15, 0.2) is 0 Å². The van der Waals surface area contributed by atoms with Crippen LogP contribution in [0.4, 0.5) is 0 Å². The van der Waals surface area contributed by atoms with Gasteiger partial charge < -0.3 is 14.3 Å². The molecule has 0 aromatic rings. The fourth-order valence-electron chi connectivity index (χ4n) is 3.35. The van der Waals surface area contributed by atoms with Gasteiger partial charge in [-0.15, -0.1) is 0 Å². The second-order valence-corrected chi connectivity index (χ2v) is 8.65. The largest absolute Gasteiger partial charge is 0.367 e. The summed E-state index contributed by atoms with van der Waals surface area (Å²) in [6.45, 7) is 11.5. The van der Waals surface area contributed by atoms with Crippen LogP contribution >= 0.6 is 0 Å². The molecule has 0 aliphatic carbocycles. The number of hydrogen-bond acceptors (Lipinski definition) is 3. The normalized spacial score (nSPS) is 16.2. The zero-order valence-corrected chi connectivity index (χ0v) is 18.1. The van der Waals surface area contributed by atoms with Crippen LogP contribution in [-0.4, -0.2) is 24.8 Å². The van der Waals surface area contributed by atoms with Gasteiger partial charge in [-0.05, 0) is 50.4 Å². The Kier molecular flexibility index (Phi) is 15.0. The number of carbonyl (C=O) groups is 2. The summed E-state index contributed by atoms with van der Waals surface area (Å²) in [5, 5.41) is 0. The fourth-order valence-corrected chi connectivity index (χ4v) is 3.35. The Balaban J connectivity index is 4.45. The van der Waals surface area contributed by atoms with Crippen LogP contribution in [0.25, 0.3) is 0 Å². The van der Waals surface area contributed by atoms with Gasteiger partial charge in [0.15, 0.2) is 6.29 Å². The first kappa shape index (κ1) is 25.3.